The van der Waals surface area contributed by atoms with Crippen molar-refractivity contribution in [1.29, 1.82) is 10.8 Å². The Balaban J connectivity index is 0.000000487. The molecule has 2 aliphatic heterocycles. The molecule has 11 nitrogen and oxygen atoms in total. The molecule has 5 aromatic rings. The van der Waals surface area contributed by atoms with E-state index >= 15 is 0 Å². The van der Waals surface area contributed by atoms with Gasteiger partial charge in [-0.2, -0.15) is 0 Å². The van der Waals surface area contributed by atoms with Gasteiger partial charge in [0.05, 0.1) is 26.7 Å². The average Bonchev–Trinajstić information content (AvgIpc) is 3.33. The standard InChI is InChI=1S/C30H32Cl4N6S2.C10H14N4S2.C8H9Cl2N.CH4.2ClH/c31-25-7-5-21(27(33)13-25)9-11-39-17-35-29(36-18-39)41-15-23-3-1-2-4-24(23)16-42-30-37-19-40(20-38-30)12-10-22-6-8-26(32)14-28(22)34;11-9(12)15-5-7-3-1-2-4-8(7)6-16-10(13)14;9-7-2-1-6(3-4-11)8(10)5-7;;;/h1-8,13-14H,9-12,15-20H2,(H,35,36)(H,37,38);1-4H,5-6H2,(H3,11,12)(H3,13,14);1-2,5H,3-4,11H2;1H4;2*1H. The van der Waals surface area contributed by atoms with E-state index in [1.165, 1.54) is 34.7 Å². The number of aliphatic imine (C=N–C) groups is 2. The number of hydrogen-bond donors (Lipinski definition) is 7. The van der Waals surface area contributed by atoms with Gasteiger partial charge in [0, 0.05) is 66.2 Å². The lowest BCUT2D eigenvalue weighted by Gasteiger charge is -2.27. The van der Waals surface area contributed by atoms with Crippen LogP contribution in [0.15, 0.2) is 113 Å². The number of thioether (sulfide) groups is 4. The second-order valence-electron chi connectivity index (χ2n) is 15.3. The Morgan fingerprint density at radius 1 is 0.514 bits per heavy atom. The van der Waals surface area contributed by atoms with Crippen molar-refractivity contribution in [2.75, 3.05) is 46.3 Å². The SMILES string of the molecule is C.Cl.Cl.Clc1ccc(CCN2CN=C(SCc3ccccc3CSC3=NCN(CCc4ccc(Cl)cc4Cl)CN3)NC2)c(Cl)c1.N=C(N)SCc1ccccc1CSC(=N)N.NCCc1ccc(Cl)cc1Cl. The van der Waals surface area contributed by atoms with Crippen molar-refractivity contribution >= 4 is 162 Å². The summed E-state index contributed by atoms with van der Waals surface area (Å²) in [6.45, 7) is 5.25. The number of rotatable bonds is 16. The first-order chi connectivity index (χ1) is 33.3. The van der Waals surface area contributed by atoms with Crippen molar-refractivity contribution in [3.63, 3.8) is 0 Å². The highest BCUT2D eigenvalue weighted by Crippen LogP contribution is 2.26. The zero-order valence-electron chi connectivity index (χ0n) is 38.5. The molecule has 0 spiro atoms. The Hall–Kier alpha value is -2.42. The largest absolute Gasteiger partial charge is 0.379 e. The molecule has 0 atom stereocenters. The molecular formula is C49H61Cl8N11S4. The van der Waals surface area contributed by atoms with Gasteiger partial charge in [0.15, 0.2) is 20.7 Å². The topological polar surface area (TPSA) is 181 Å². The van der Waals surface area contributed by atoms with Crippen LogP contribution in [0.1, 0.15) is 46.4 Å². The maximum atomic E-state index is 7.17. The lowest BCUT2D eigenvalue weighted by molar-refractivity contribution is 0.270. The van der Waals surface area contributed by atoms with Crippen LogP contribution in [0.5, 0.6) is 0 Å². The summed E-state index contributed by atoms with van der Waals surface area (Å²) in [5, 5.41) is 27.6. The summed E-state index contributed by atoms with van der Waals surface area (Å²) in [5.74, 6) is 3.10. The zero-order valence-corrected chi connectivity index (χ0v) is 47.9. The number of nitrogens with one attached hydrogen (secondary N) is 4. The van der Waals surface area contributed by atoms with E-state index in [2.05, 4.69) is 44.7 Å². The Labute approximate surface area is 484 Å². The molecule has 392 valence electrons. The number of benzene rings is 5. The first kappa shape index (κ1) is 65.7. The Morgan fingerprint density at radius 3 is 1.14 bits per heavy atom. The highest BCUT2D eigenvalue weighted by atomic mass is 35.5. The molecular weight excluding hydrogens is 1150 g/mol. The normalized spacial score (nSPS) is 13.1. The molecule has 0 bridgehead atoms. The third kappa shape index (κ3) is 24.1. The molecule has 0 fully saturated rings. The fourth-order valence-corrected chi connectivity index (χ4v) is 11.0. The minimum atomic E-state index is 0. The average molecular weight is 1220 g/mol. The van der Waals surface area contributed by atoms with E-state index in [1.807, 2.05) is 60.7 Å². The van der Waals surface area contributed by atoms with Gasteiger partial charge in [0.25, 0.3) is 0 Å². The lowest BCUT2D eigenvalue weighted by Crippen LogP contribution is -2.42. The number of hydrogen-bond acceptors (Lipinski definition) is 13. The number of nitrogens with zero attached hydrogens (tertiary/aromatic N) is 4. The van der Waals surface area contributed by atoms with Gasteiger partial charge in [0.2, 0.25) is 0 Å². The monoisotopic (exact) mass is 1210 g/mol. The van der Waals surface area contributed by atoms with Crippen LogP contribution in [0.3, 0.4) is 0 Å². The first-order valence-corrected chi connectivity index (χ1v) is 27.8. The second kappa shape index (κ2) is 35.8. The molecule has 0 aromatic heterocycles. The van der Waals surface area contributed by atoms with Crippen LogP contribution >= 0.6 is 141 Å². The number of nitrogens with two attached hydrogens (primary N) is 3. The maximum absolute atomic E-state index is 7.17. The molecule has 0 radical (unpaired) electrons. The van der Waals surface area contributed by atoms with Gasteiger partial charge in [-0.1, -0.05) is 191 Å². The molecule has 72 heavy (non-hydrogen) atoms. The van der Waals surface area contributed by atoms with Crippen molar-refractivity contribution in [1.82, 2.24) is 20.4 Å². The van der Waals surface area contributed by atoms with Crippen molar-refractivity contribution in [3.05, 3.63) is 172 Å². The van der Waals surface area contributed by atoms with E-state index < -0.39 is 0 Å². The van der Waals surface area contributed by atoms with Crippen LogP contribution in [0, 0.1) is 10.8 Å². The number of amidine groups is 4. The summed E-state index contributed by atoms with van der Waals surface area (Å²) in [6.07, 6.45) is 2.52. The van der Waals surface area contributed by atoms with Gasteiger partial charge >= 0.3 is 0 Å². The predicted octanol–water partition coefficient (Wildman–Crippen LogP) is 13.5. The van der Waals surface area contributed by atoms with E-state index in [-0.39, 0.29) is 42.6 Å². The predicted molar refractivity (Wildman–Crippen MR) is 327 cm³/mol. The third-order valence-electron chi connectivity index (χ3n) is 10.3. The Morgan fingerprint density at radius 2 is 0.847 bits per heavy atom. The van der Waals surface area contributed by atoms with E-state index in [1.54, 1.807) is 41.7 Å². The van der Waals surface area contributed by atoms with Crippen LogP contribution in [0.2, 0.25) is 30.1 Å². The molecule has 0 unspecified atom stereocenters. The highest BCUT2D eigenvalue weighted by Gasteiger charge is 2.17. The third-order valence-corrected chi connectivity index (χ3v) is 15.6. The van der Waals surface area contributed by atoms with Crippen molar-refractivity contribution in [2.24, 2.45) is 27.2 Å². The number of halogens is 8. The maximum Gasteiger partial charge on any atom is 0.159 e. The van der Waals surface area contributed by atoms with Gasteiger partial charge in [0.1, 0.15) is 0 Å². The van der Waals surface area contributed by atoms with Gasteiger partial charge in [-0.15, -0.1) is 24.8 Å². The smallest absolute Gasteiger partial charge is 0.159 e. The molecule has 5 aromatic carbocycles. The molecule has 2 aliphatic rings. The second-order valence-corrected chi connectivity index (χ2v) is 21.8. The van der Waals surface area contributed by atoms with Crippen LogP contribution in [0.25, 0.3) is 0 Å². The molecule has 10 N–H and O–H groups in total. The Kier molecular flexibility index (Phi) is 32.6. The minimum Gasteiger partial charge on any atom is -0.379 e. The van der Waals surface area contributed by atoms with Crippen LogP contribution in [-0.2, 0) is 42.3 Å². The fraction of sp³-hybridized carbons (Fsp3) is 0.306. The fourth-order valence-electron chi connectivity index (χ4n) is 6.56. The first-order valence-electron chi connectivity index (χ1n) is 21.6. The van der Waals surface area contributed by atoms with E-state index in [0.717, 1.165) is 95.3 Å². The summed E-state index contributed by atoms with van der Waals surface area (Å²) in [7, 11) is 0. The minimum absolute atomic E-state index is 0. The zero-order chi connectivity index (χ0) is 49.5. The molecule has 0 amide bonds. The van der Waals surface area contributed by atoms with Crippen LogP contribution in [0.4, 0.5) is 0 Å². The van der Waals surface area contributed by atoms with Crippen molar-refractivity contribution in [3.8, 4) is 0 Å². The Bertz CT molecular complexity index is 2400. The summed E-state index contributed by atoms with van der Waals surface area (Å²) in [6, 6.07) is 33.3. The molecule has 0 saturated carbocycles. The summed E-state index contributed by atoms with van der Waals surface area (Å²) < 4.78 is 0. The van der Waals surface area contributed by atoms with Crippen LogP contribution < -0.4 is 27.8 Å². The summed E-state index contributed by atoms with van der Waals surface area (Å²) in [5.41, 5.74) is 24.1. The molecule has 2 heterocycles. The van der Waals surface area contributed by atoms with Crippen LogP contribution in [-0.4, -0.2) is 76.8 Å². The van der Waals surface area contributed by atoms with E-state index in [9.17, 15) is 0 Å². The molecule has 0 aliphatic carbocycles. The van der Waals surface area contributed by atoms with E-state index in [0.29, 0.717) is 61.5 Å². The molecule has 7 rings (SSSR count). The van der Waals surface area contributed by atoms with Gasteiger partial charge in [-0.3, -0.25) is 20.6 Å². The molecule has 23 heteroatoms. The van der Waals surface area contributed by atoms with E-state index in [4.69, 9.17) is 108 Å². The highest BCUT2D eigenvalue weighted by molar-refractivity contribution is 8.14. The summed E-state index contributed by atoms with van der Waals surface area (Å²) in [4.78, 5) is 14.1. The van der Waals surface area contributed by atoms with Crippen molar-refractivity contribution in [2.45, 2.75) is 49.7 Å². The van der Waals surface area contributed by atoms with Gasteiger partial charge in [-0.05, 0) is 101 Å². The van der Waals surface area contributed by atoms with Gasteiger partial charge in [-0.25, -0.2) is 9.98 Å². The van der Waals surface area contributed by atoms with Crippen molar-refractivity contribution < 1.29 is 0 Å². The lowest BCUT2D eigenvalue weighted by atomic mass is 10.1. The quantitative estimate of drug-likeness (QED) is 0.0369. The summed E-state index contributed by atoms with van der Waals surface area (Å²) >= 11 is 42.3. The molecule has 0 saturated heterocycles. The van der Waals surface area contributed by atoms with Gasteiger partial charge < -0.3 is 27.8 Å².